The molecule has 2 aromatic heterocycles. The van der Waals surface area contributed by atoms with Crippen molar-refractivity contribution in [2.24, 2.45) is 7.05 Å². The van der Waals surface area contributed by atoms with E-state index in [0.717, 1.165) is 36.5 Å². The molecule has 2 rings (SSSR count). The van der Waals surface area contributed by atoms with Crippen molar-refractivity contribution in [2.75, 3.05) is 0 Å². The number of aliphatic hydroxyl groups excluding tert-OH is 1. The van der Waals surface area contributed by atoms with E-state index in [4.69, 9.17) is 0 Å². The Balaban J connectivity index is 2.13. The fourth-order valence-electron chi connectivity index (χ4n) is 2.26. The van der Waals surface area contributed by atoms with Crippen LogP contribution in [0.4, 0.5) is 0 Å². The van der Waals surface area contributed by atoms with Gasteiger partial charge in [0.25, 0.3) is 0 Å². The lowest BCUT2D eigenvalue weighted by atomic mass is 10.1. The molecule has 0 aliphatic heterocycles. The Labute approximate surface area is 113 Å². The molecule has 0 amide bonds. The number of aryl methyl sites for hydroxylation is 3. The first-order valence-corrected chi connectivity index (χ1v) is 6.87. The van der Waals surface area contributed by atoms with Crippen molar-refractivity contribution < 1.29 is 5.11 Å². The van der Waals surface area contributed by atoms with Gasteiger partial charge in [-0.3, -0.25) is 9.36 Å². The average Bonchev–Trinajstić information content (AvgIpc) is 2.97. The summed E-state index contributed by atoms with van der Waals surface area (Å²) in [5.74, 6) is 0. The average molecular weight is 262 g/mol. The van der Waals surface area contributed by atoms with Crippen LogP contribution in [-0.4, -0.2) is 24.7 Å². The lowest BCUT2D eigenvalue weighted by Gasteiger charge is -2.13. The van der Waals surface area contributed by atoms with Gasteiger partial charge in [0.1, 0.15) is 6.10 Å². The second kappa shape index (κ2) is 6.02. The first-order valence-electron chi connectivity index (χ1n) is 6.87. The molecule has 5 heteroatoms. The van der Waals surface area contributed by atoms with Crippen molar-refractivity contribution in [3.63, 3.8) is 0 Å². The van der Waals surface area contributed by atoms with Crippen molar-refractivity contribution in [3.05, 3.63) is 35.4 Å². The molecular weight excluding hydrogens is 240 g/mol. The van der Waals surface area contributed by atoms with Gasteiger partial charge in [-0.2, -0.15) is 10.2 Å². The van der Waals surface area contributed by atoms with E-state index in [1.807, 2.05) is 22.5 Å². The van der Waals surface area contributed by atoms with E-state index in [0.29, 0.717) is 6.42 Å². The van der Waals surface area contributed by atoms with Gasteiger partial charge in [0, 0.05) is 31.9 Å². The molecule has 5 nitrogen and oxygen atoms in total. The van der Waals surface area contributed by atoms with Gasteiger partial charge >= 0.3 is 0 Å². The molecule has 0 saturated carbocycles. The molecule has 2 aromatic rings. The first kappa shape index (κ1) is 13.8. The summed E-state index contributed by atoms with van der Waals surface area (Å²) in [5.41, 5.74) is 2.99. The van der Waals surface area contributed by atoms with Gasteiger partial charge in [-0.25, -0.2) is 0 Å². The Morgan fingerprint density at radius 3 is 2.79 bits per heavy atom. The maximum atomic E-state index is 10.4. The van der Waals surface area contributed by atoms with Crippen LogP contribution in [0.15, 0.2) is 18.3 Å². The van der Waals surface area contributed by atoms with Crippen molar-refractivity contribution in [2.45, 2.75) is 45.8 Å². The summed E-state index contributed by atoms with van der Waals surface area (Å²) in [7, 11) is 1.92. The summed E-state index contributed by atoms with van der Waals surface area (Å²) >= 11 is 0. The largest absolute Gasteiger partial charge is 0.386 e. The summed E-state index contributed by atoms with van der Waals surface area (Å²) in [6.07, 6.45) is 3.70. The molecule has 2 heterocycles. The van der Waals surface area contributed by atoms with E-state index < -0.39 is 6.10 Å². The summed E-state index contributed by atoms with van der Waals surface area (Å²) in [4.78, 5) is 0. The predicted molar refractivity (Wildman–Crippen MR) is 73.8 cm³/mol. The zero-order valence-electron chi connectivity index (χ0n) is 11.9. The lowest BCUT2D eigenvalue weighted by molar-refractivity contribution is 0.164. The fraction of sp³-hybridized carbons (Fsp3) is 0.571. The number of rotatable bonds is 6. The van der Waals surface area contributed by atoms with Crippen molar-refractivity contribution in [3.8, 4) is 0 Å². The Hall–Kier alpha value is -1.62. The summed E-state index contributed by atoms with van der Waals surface area (Å²) in [6, 6.07) is 3.95. The van der Waals surface area contributed by atoms with Gasteiger partial charge in [0.05, 0.1) is 11.4 Å². The van der Waals surface area contributed by atoms with Crippen molar-refractivity contribution in [1.29, 1.82) is 0 Å². The van der Waals surface area contributed by atoms with Gasteiger partial charge in [-0.15, -0.1) is 0 Å². The van der Waals surface area contributed by atoms with E-state index in [-0.39, 0.29) is 0 Å². The van der Waals surface area contributed by atoms with E-state index in [1.54, 1.807) is 6.20 Å². The lowest BCUT2D eigenvalue weighted by Crippen LogP contribution is -2.12. The van der Waals surface area contributed by atoms with Crippen LogP contribution in [-0.2, 0) is 26.4 Å². The molecular formula is C14H22N4O. The molecule has 1 atom stereocenters. The number of hydrogen-bond donors (Lipinski definition) is 1. The Morgan fingerprint density at radius 1 is 1.37 bits per heavy atom. The molecule has 0 aliphatic rings. The molecule has 0 bridgehead atoms. The number of aliphatic hydroxyl groups is 1. The van der Waals surface area contributed by atoms with Gasteiger partial charge in [0.15, 0.2) is 0 Å². The minimum atomic E-state index is -0.533. The number of hydrogen-bond acceptors (Lipinski definition) is 3. The molecule has 104 valence electrons. The number of nitrogens with zero attached hydrogens (tertiary/aromatic N) is 4. The van der Waals surface area contributed by atoms with Crippen LogP contribution in [0.25, 0.3) is 0 Å². The topological polar surface area (TPSA) is 55.9 Å². The van der Waals surface area contributed by atoms with Gasteiger partial charge < -0.3 is 5.11 Å². The van der Waals surface area contributed by atoms with Crippen LogP contribution >= 0.6 is 0 Å². The van der Waals surface area contributed by atoms with E-state index in [2.05, 4.69) is 30.1 Å². The monoisotopic (exact) mass is 262 g/mol. The van der Waals surface area contributed by atoms with Gasteiger partial charge in [-0.05, 0) is 25.0 Å². The molecule has 1 N–H and O–H groups in total. The maximum absolute atomic E-state index is 10.4. The molecule has 0 aliphatic carbocycles. The van der Waals surface area contributed by atoms with Crippen molar-refractivity contribution >= 4 is 0 Å². The minimum absolute atomic E-state index is 0.533. The molecule has 0 saturated heterocycles. The highest BCUT2D eigenvalue weighted by Gasteiger charge is 2.16. The highest BCUT2D eigenvalue weighted by Crippen LogP contribution is 2.18. The van der Waals surface area contributed by atoms with Crippen LogP contribution in [0, 0.1) is 0 Å². The third kappa shape index (κ3) is 3.04. The second-order valence-corrected chi connectivity index (χ2v) is 4.80. The maximum Gasteiger partial charge on any atom is 0.101 e. The van der Waals surface area contributed by atoms with Crippen molar-refractivity contribution in [1.82, 2.24) is 19.6 Å². The summed E-state index contributed by atoms with van der Waals surface area (Å²) < 4.78 is 3.73. The van der Waals surface area contributed by atoms with E-state index in [1.165, 1.54) is 0 Å². The van der Waals surface area contributed by atoms with E-state index in [9.17, 15) is 5.11 Å². The fourth-order valence-corrected chi connectivity index (χ4v) is 2.26. The van der Waals surface area contributed by atoms with Crippen LogP contribution < -0.4 is 0 Å². The zero-order chi connectivity index (χ0) is 13.8. The zero-order valence-corrected chi connectivity index (χ0v) is 11.9. The Morgan fingerprint density at radius 2 is 2.16 bits per heavy atom. The van der Waals surface area contributed by atoms with E-state index >= 15 is 0 Å². The second-order valence-electron chi connectivity index (χ2n) is 4.80. The standard InChI is InChI=1S/C14H22N4O/c1-4-8-18-13(6-7-15-18)14(19)10-12-9-11(5-2)16-17(12)3/h6-7,9,14,19H,4-5,8,10H2,1-3H3. The van der Waals surface area contributed by atoms with Gasteiger partial charge in [-0.1, -0.05) is 13.8 Å². The Kier molecular flexibility index (Phi) is 4.37. The quantitative estimate of drug-likeness (QED) is 0.864. The summed E-state index contributed by atoms with van der Waals surface area (Å²) in [5, 5.41) is 19.0. The molecule has 0 aromatic carbocycles. The molecule has 0 spiro atoms. The number of aromatic nitrogens is 4. The summed E-state index contributed by atoms with van der Waals surface area (Å²) in [6.45, 7) is 5.02. The molecule has 0 fully saturated rings. The van der Waals surface area contributed by atoms with Gasteiger partial charge in [0.2, 0.25) is 0 Å². The molecule has 19 heavy (non-hydrogen) atoms. The van der Waals surface area contributed by atoms with Crippen LogP contribution in [0.1, 0.15) is 43.5 Å². The highest BCUT2D eigenvalue weighted by molar-refractivity contribution is 5.14. The smallest absolute Gasteiger partial charge is 0.101 e. The third-order valence-corrected chi connectivity index (χ3v) is 3.32. The van der Waals surface area contributed by atoms with Crippen LogP contribution in [0.3, 0.4) is 0 Å². The normalized spacial score (nSPS) is 12.8. The Bertz CT molecular complexity index is 529. The minimum Gasteiger partial charge on any atom is -0.386 e. The first-order chi connectivity index (χ1) is 9.15. The third-order valence-electron chi connectivity index (χ3n) is 3.32. The predicted octanol–water partition coefficient (Wildman–Crippen LogP) is 1.87. The van der Waals surface area contributed by atoms with Crippen LogP contribution in [0.2, 0.25) is 0 Å². The SMILES string of the molecule is CCCn1nccc1C(O)Cc1cc(CC)nn1C. The molecule has 1 unspecified atom stereocenters. The molecule has 0 radical (unpaired) electrons. The highest BCUT2D eigenvalue weighted by atomic mass is 16.3. The van der Waals surface area contributed by atoms with Crippen LogP contribution in [0.5, 0.6) is 0 Å².